The van der Waals surface area contributed by atoms with Crippen LogP contribution in [-0.2, 0) is 9.84 Å². The Morgan fingerprint density at radius 1 is 0.750 bits per heavy atom. The van der Waals surface area contributed by atoms with Crippen LogP contribution >= 0.6 is 0 Å². The molecule has 5 nitrogen and oxygen atoms in total. The van der Waals surface area contributed by atoms with Crippen molar-refractivity contribution in [3.05, 3.63) is 60.7 Å². The molecular formula is C13H10CaO5S. The maximum atomic E-state index is 12.0. The Balaban J connectivity index is 0.000000644. The zero-order valence-electron chi connectivity index (χ0n) is 10.4. The molecule has 0 unspecified atom stereocenters. The van der Waals surface area contributed by atoms with Gasteiger partial charge in [0.1, 0.15) is 0 Å². The summed E-state index contributed by atoms with van der Waals surface area (Å²) in [7, 11) is -3.34. The minimum absolute atomic E-state index is 0. The molecule has 0 fully saturated rings. The molecule has 0 aromatic heterocycles. The van der Waals surface area contributed by atoms with E-state index >= 15 is 0 Å². The van der Waals surface area contributed by atoms with Crippen molar-refractivity contribution in [3.63, 3.8) is 0 Å². The summed E-state index contributed by atoms with van der Waals surface area (Å²) in [5.41, 5.74) is 0. The van der Waals surface area contributed by atoms with Gasteiger partial charge in [-0.15, -0.1) is 0 Å². The van der Waals surface area contributed by atoms with Crippen molar-refractivity contribution in [2.24, 2.45) is 0 Å². The van der Waals surface area contributed by atoms with Crippen LogP contribution in [0.5, 0.6) is 0 Å². The van der Waals surface area contributed by atoms with Crippen LogP contribution in [0.3, 0.4) is 0 Å². The van der Waals surface area contributed by atoms with E-state index in [9.17, 15) is 8.42 Å². The largest absolute Gasteiger partial charge is 2.00 e. The third-order valence-corrected chi connectivity index (χ3v) is 3.89. The molecule has 2 rings (SSSR count). The molecule has 0 spiro atoms. The number of rotatable bonds is 2. The van der Waals surface area contributed by atoms with Crippen molar-refractivity contribution >= 4 is 53.7 Å². The van der Waals surface area contributed by atoms with E-state index in [2.05, 4.69) is 0 Å². The van der Waals surface area contributed by atoms with Gasteiger partial charge in [-0.3, -0.25) is 0 Å². The van der Waals surface area contributed by atoms with Gasteiger partial charge in [0, 0.05) is 0 Å². The van der Waals surface area contributed by atoms with Crippen molar-refractivity contribution in [2.45, 2.75) is 9.79 Å². The van der Waals surface area contributed by atoms with Gasteiger partial charge in [0.2, 0.25) is 9.84 Å². The molecule has 2 aromatic carbocycles. The normalized spacial score (nSPS) is 9.60. The molecule has 0 saturated heterocycles. The van der Waals surface area contributed by atoms with E-state index < -0.39 is 16.0 Å². The maximum absolute atomic E-state index is 12.0. The second kappa shape index (κ2) is 8.97. The van der Waals surface area contributed by atoms with Gasteiger partial charge in [-0.2, -0.15) is 0 Å². The molecular weight excluding hydrogens is 308 g/mol. The van der Waals surface area contributed by atoms with Gasteiger partial charge in [-0.05, 0) is 30.4 Å². The van der Waals surface area contributed by atoms with Crippen molar-refractivity contribution in [1.82, 2.24) is 0 Å². The van der Waals surface area contributed by atoms with Crippen molar-refractivity contribution in [3.8, 4) is 0 Å². The van der Waals surface area contributed by atoms with Crippen molar-refractivity contribution < 1.29 is 23.4 Å². The van der Waals surface area contributed by atoms with Gasteiger partial charge in [-0.1, -0.05) is 36.4 Å². The number of carbonyl (C=O) groups is 1. The molecule has 0 aliphatic carbocycles. The monoisotopic (exact) mass is 318 g/mol. The van der Waals surface area contributed by atoms with Crippen molar-refractivity contribution in [1.29, 1.82) is 0 Å². The molecule has 0 saturated carbocycles. The fourth-order valence-corrected chi connectivity index (χ4v) is 2.64. The average Bonchev–Trinajstić information content (AvgIpc) is 2.40. The quantitative estimate of drug-likeness (QED) is 0.708. The smallest absolute Gasteiger partial charge is 0.652 e. The van der Waals surface area contributed by atoms with E-state index in [0.717, 1.165) is 0 Å². The summed E-state index contributed by atoms with van der Waals surface area (Å²) in [6.45, 7) is 0. The van der Waals surface area contributed by atoms with Gasteiger partial charge < -0.3 is 15.0 Å². The third kappa shape index (κ3) is 5.92. The first-order chi connectivity index (χ1) is 8.94. The van der Waals surface area contributed by atoms with E-state index in [-0.39, 0.29) is 37.7 Å². The standard InChI is InChI=1S/C12H10O2S.CH2O3.Ca/c13-15(14,11-7-3-1-4-8-11)12-9-5-2-6-10-12;2-1(3)4;/h1-10H;(H2,2,3,4);/q;;+2/p-2. The summed E-state index contributed by atoms with van der Waals surface area (Å²) in [4.78, 5) is 8.99. The van der Waals surface area contributed by atoms with Crippen LogP contribution in [0.25, 0.3) is 0 Å². The second-order valence-electron chi connectivity index (χ2n) is 3.38. The molecule has 7 heteroatoms. The van der Waals surface area contributed by atoms with E-state index in [1.807, 2.05) is 0 Å². The van der Waals surface area contributed by atoms with E-state index in [0.29, 0.717) is 9.79 Å². The average molecular weight is 318 g/mol. The zero-order valence-corrected chi connectivity index (χ0v) is 13.5. The van der Waals surface area contributed by atoms with Gasteiger partial charge in [0.25, 0.3) is 0 Å². The maximum Gasteiger partial charge on any atom is 2.00 e. The van der Waals surface area contributed by atoms with Gasteiger partial charge in [-0.25, -0.2) is 8.42 Å². The molecule has 100 valence electrons. The first-order valence-corrected chi connectivity index (χ1v) is 6.66. The van der Waals surface area contributed by atoms with Crippen LogP contribution in [0.2, 0.25) is 0 Å². The zero-order chi connectivity index (χ0) is 14.3. The number of carboxylic acid groups (broad SMARTS) is 2. The second-order valence-corrected chi connectivity index (χ2v) is 5.33. The number of hydrogen-bond donors (Lipinski definition) is 0. The summed E-state index contributed by atoms with van der Waals surface area (Å²) >= 11 is 0. The molecule has 0 bridgehead atoms. The predicted molar refractivity (Wildman–Crippen MR) is 69.5 cm³/mol. The van der Waals surface area contributed by atoms with Gasteiger partial charge >= 0.3 is 37.7 Å². The Bertz CT molecular complexity index is 577. The number of carbonyl (C=O) groups excluding carboxylic acids is 1. The van der Waals surface area contributed by atoms with E-state index in [4.69, 9.17) is 15.0 Å². The van der Waals surface area contributed by atoms with Crippen LogP contribution < -0.4 is 10.2 Å². The molecule has 0 heterocycles. The Morgan fingerprint density at radius 2 is 1.00 bits per heavy atom. The Morgan fingerprint density at radius 3 is 1.25 bits per heavy atom. The minimum atomic E-state index is -3.34. The van der Waals surface area contributed by atoms with Crippen LogP contribution in [0.1, 0.15) is 0 Å². The third-order valence-electron chi connectivity index (χ3n) is 2.11. The van der Waals surface area contributed by atoms with Crippen LogP contribution in [0.15, 0.2) is 70.5 Å². The number of hydrogen-bond acceptors (Lipinski definition) is 5. The molecule has 0 aliphatic rings. The van der Waals surface area contributed by atoms with Crippen LogP contribution in [0, 0.1) is 0 Å². The molecule has 0 N–H and O–H groups in total. The van der Waals surface area contributed by atoms with Crippen LogP contribution in [0.4, 0.5) is 4.79 Å². The van der Waals surface area contributed by atoms with Gasteiger partial charge in [0.05, 0.1) is 9.79 Å². The number of sulfone groups is 1. The molecule has 0 atom stereocenters. The minimum Gasteiger partial charge on any atom is -0.652 e. The SMILES string of the molecule is O=C([O-])[O-].O=S(=O)(c1ccccc1)c1ccccc1.[Ca+2]. The predicted octanol–water partition coefficient (Wildman–Crippen LogP) is -0.308. The van der Waals surface area contributed by atoms with E-state index in [1.165, 1.54) is 0 Å². The first kappa shape index (κ1) is 18.9. The summed E-state index contributed by atoms with van der Waals surface area (Å²) in [5, 5.41) is 16.7. The van der Waals surface area contributed by atoms with Gasteiger partial charge in [0.15, 0.2) is 0 Å². The Kier molecular flexibility index (Phi) is 8.48. The summed E-state index contributed by atoms with van der Waals surface area (Å²) in [6, 6.07) is 16.9. The fraction of sp³-hybridized carbons (Fsp3) is 0. The summed E-state index contributed by atoms with van der Waals surface area (Å²) in [5.74, 6) is 0. The molecule has 20 heavy (non-hydrogen) atoms. The molecule has 0 aliphatic heterocycles. The van der Waals surface area contributed by atoms with Crippen molar-refractivity contribution in [2.75, 3.05) is 0 Å². The Labute approximate surface area is 146 Å². The van der Waals surface area contributed by atoms with Crippen LogP contribution in [-0.4, -0.2) is 52.3 Å². The van der Waals surface area contributed by atoms with E-state index in [1.54, 1.807) is 60.7 Å². The topological polar surface area (TPSA) is 97.3 Å². The first-order valence-electron chi connectivity index (χ1n) is 5.18. The Hall–Kier alpha value is -1.08. The fourth-order valence-electron chi connectivity index (χ4n) is 1.34. The molecule has 0 amide bonds. The summed E-state index contributed by atoms with van der Waals surface area (Å²) in [6.07, 6.45) is -2.33. The number of benzene rings is 2. The summed E-state index contributed by atoms with van der Waals surface area (Å²) < 4.78 is 24.1. The molecule has 2 aromatic rings. The molecule has 0 radical (unpaired) electrons.